The molecule has 2 aliphatic rings. The molecule has 10 heteroatoms. The third-order valence-corrected chi connectivity index (χ3v) is 14.8. The minimum absolute atomic E-state index is 0.384. The molecule has 2 saturated heterocycles. The normalized spacial score (nSPS) is 19.4. The molecule has 8 aromatic carbocycles. The summed E-state index contributed by atoms with van der Waals surface area (Å²) in [5.74, 6) is -2.10. The van der Waals surface area contributed by atoms with Crippen LogP contribution in [0.5, 0.6) is 0 Å². The first kappa shape index (κ1) is 61.0. The Bertz CT molecular complexity index is 2480. The second kappa shape index (κ2) is 26.8. The quantitative estimate of drug-likeness (QED) is 0.0616. The first-order valence-corrected chi connectivity index (χ1v) is 27.8. The van der Waals surface area contributed by atoms with Gasteiger partial charge in [0.1, 0.15) is 46.8 Å². The summed E-state index contributed by atoms with van der Waals surface area (Å²) >= 11 is 0. The second-order valence-corrected chi connectivity index (χ2v) is 21.7. The Labute approximate surface area is 474 Å². The van der Waals surface area contributed by atoms with Gasteiger partial charge in [0.05, 0.1) is 0 Å². The zero-order chi connectivity index (χ0) is 57.6. The molecule has 10 rings (SSSR count). The van der Waals surface area contributed by atoms with Gasteiger partial charge in [0, 0.05) is 12.1 Å². The van der Waals surface area contributed by atoms with Crippen molar-refractivity contribution in [1.82, 2.24) is 0 Å². The van der Waals surface area contributed by atoms with Crippen LogP contribution in [0.15, 0.2) is 243 Å². The minimum Gasteiger partial charge on any atom is -0.378 e. The van der Waals surface area contributed by atoms with Crippen LogP contribution in [0.25, 0.3) is 0 Å². The van der Waals surface area contributed by atoms with Crippen LogP contribution in [0.2, 0.25) is 0 Å². The SMILES string of the molecule is CC1(C)O[C@@H](C(O)(c2ccccc2)c2ccccc2)[C@H](C(O)(c2ccccc2)c2ccccc2)O1.CC1(C)O[C@@H](C(O)(c2ccccc2)c2ccccc2)[C@H](C(O)(c2ccccc2)c2ccccc2)O1.CC[C@@H](C)N.CC[C@@H](C)N. The predicted octanol–water partition coefficient (Wildman–Crippen LogP) is 12.2. The molecule has 8 N–H and O–H groups in total. The van der Waals surface area contributed by atoms with Crippen molar-refractivity contribution in [1.29, 1.82) is 0 Å². The molecule has 0 spiro atoms. The number of rotatable bonds is 14. The van der Waals surface area contributed by atoms with E-state index < -0.39 is 58.4 Å². The molecule has 0 amide bonds. The third kappa shape index (κ3) is 13.6. The molecule has 2 fully saturated rings. The highest BCUT2D eigenvalue weighted by Gasteiger charge is 2.63. The van der Waals surface area contributed by atoms with Crippen LogP contribution >= 0.6 is 0 Å². The van der Waals surface area contributed by atoms with E-state index >= 15 is 0 Å². The van der Waals surface area contributed by atoms with Crippen molar-refractivity contribution < 1.29 is 39.4 Å². The Balaban J connectivity index is 0.000000198. The van der Waals surface area contributed by atoms with Crippen molar-refractivity contribution in [2.75, 3.05) is 0 Å². The van der Waals surface area contributed by atoms with E-state index in [-0.39, 0.29) is 0 Å². The van der Waals surface area contributed by atoms with Crippen molar-refractivity contribution in [3.05, 3.63) is 287 Å². The maximum atomic E-state index is 12.6. The Kier molecular flexibility index (Phi) is 20.4. The number of hydrogen-bond donors (Lipinski definition) is 6. The van der Waals surface area contributed by atoms with Crippen LogP contribution < -0.4 is 11.5 Å². The van der Waals surface area contributed by atoms with Crippen molar-refractivity contribution >= 4 is 0 Å². The van der Waals surface area contributed by atoms with Crippen molar-refractivity contribution in [2.24, 2.45) is 11.5 Å². The average Bonchev–Trinajstić information content (AvgIpc) is 4.06. The predicted molar refractivity (Wildman–Crippen MR) is 319 cm³/mol. The molecular formula is C70H82N2O8. The molecule has 0 saturated carbocycles. The van der Waals surface area contributed by atoms with Crippen LogP contribution in [0.3, 0.4) is 0 Å². The number of benzene rings is 8. The average molecular weight is 1080 g/mol. The molecular weight excluding hydrogens is 997 g/mol. The van der Waals surface area contributed by atoms with Gasteiger partial charge in [-0.15, -0.1) is 0 Å². The molecule has 0 aromatic heterocycles. The lowest BCUT2D eigenvalue weighted by molar-refractivity contribution is -0.172. The molecule has 0 unspecified atom stereocenters. The third-order valence-electron chi connectivity index (χ3n) is 14.8. The second-order valence-electron chi connectivity index (χ2n) is 21.7. The molecule has 420 valence electrons. The molecule has 0 bridgehead atoms. The van der Waals surface area contributed by atoms with E-state index in [2.05, 4.69) is 13.8 Å². The highest BCUT2D eigenvalue weighted by atomic mass is 16.8. The van der Waals surface area contributed by atoms with E-state index in [0.29, 0.717) is 56.6 Å². The Morgan fingerprint density at radius 3 is 0.525 bits per heavy atom. The van der Waals surface area contributed by atoms with Gasteiger partial charge < -0.3 is 50.8 Å². The number of nitrogens with two attached hydrogens (primary N) is 2. The lowest BCUT2D eigenvalue weighted by Gasteiger charge is -2.42. The molecule has 8 aromatic rings. The van der Waals surface area contributed by atoms with E-state index in [1.165, 1.54) is 0 Å². The lowest BCUT2D eigenvalue weighted by atomic mass is 9.72. The topological polar surface area (TPSA) is 170 Å². The first-order valence-electron chi connectivity index (χ1n) is 27.8. The van der Waals surface area contributed by atoms with E-state index in [4.69, 9.17) is 30.4 Å². The van der Waals surface area contributed by atoms with Gasteiger partial charge in [-0.05, 0) is 98.9 Å². The van der Waals surface area contributed by atoms with Gasteiger partial charge in [-0.25, -0.2) is 0 Å². The van der Waals surface area contributed by atoms with Crippen LogP contribution in [-0.4, -0.2) is 68.5 Å². The summed E-state index contributed by atoms with van der Waals surface area (Å²) in [5, 5.41) is 50.4. The maximum absolute atomic E-state index is 12.6. The zero-order valence-electron chi connectivity index (χ0n) is 47.5. The minimum atomic E-state index is -1.60. The van der Waals surface area contributed by atoms with E-state index in [0.717, 1.165) is 12.8 Å². The molecule has 2 aliphatic heterocycles. The van der Waals surface area contributed by atoms with Crippen molar-refractivity contribution in [3.63, 3.8) is 0 Å². The molecule has 10 nitrogen and oxygen atoms in total. The largest absolute Gasteiger partial charge is 0.378 e. The van der Waals surface area contributed by atoms with Gasteiger partial charge in [0.25, 0.3) is 0 Å². The highest BCUT2D eigenvalue weighted by molar-refractivity contribution is 5.46. The Morgan fingerprint density at radius 1 is 0.312 bits per heavy atom. The maximum Gasteiger partial charge on any atom is 0.164 e. The summed E-state index contributed by atoms with van der Waals surface area (Å²) in [6.07, 6.45) is -1.58. The van der Waals surface area contributed by atoms with Gasteiger partial charge in [0.2, 0.25) is 0 Å². The molecule has 6 atom stereocenters. The van der Waals surface area contributed by atoms with Gasteiger partial charge in [-0.1, -0.05) is 257 Å². The van der Waals surface area contributed by atoms with Crippen LogP contribution in [-0.2, 0) is 41.4 Å². The molecule has 2 heterocycles. The zero-order valence-corrected chi connectivity index (χ0v) is 47.5. The molecule has 0 radical (unpaired) electrons. The summed E-state index contributed by atoms with van der Waals surface area (Å²) in [6.45, 7) is 15.4. The van der Waals surface area contributed by atoms with Crippen molar-refractivity contribution in [2.45, 2.75) is 139 Å². The summed E-state index contributed by atoms with van der Waals surface area (Å²) in [4.78, 5) is 0. The van der Waals surface area contributed by atoms with Crippen LogP contribution in [0, 0.1) is 0 Å². The fourth-order valence-corrected chi connectivity index (χ4v) is 10.3. The molecule has 0 aliphatic carbocycles. The van der Waals surface area contributed by atoms with Gasteiger partial charge in [0.15, 0.2) is 11.6 Å². The van der Waals surface area contributed by atoms with Crippen molar-refractivity contribution in [3.8, 4) is 0 Å². The van der Waals surface area contributed by atoms with Gasteiger partial charge in [-0.2, -0.15) is 0 Å². The molecule has 80 heavy (non-hydrogen) atoms. The number of ether oxygens (including phenoxy) is 4. The standard InChI is InChI=1S/2C31H30O4.2C4H11N/c2*1-29(2)34-27(30(32,23-15-7-3-8-16-23)24-17-9-4-10-18-24)28(35-29)31(33,25-19-11-5-12-20-25)26-21-13-6-14-22-26;2*1-3-4(2)5/h2*3-22,27-28,32-33H,1-2H3;2*4H,3,5H2,1-2H3/t2*27-,28-;2*4-/m1111/s1. The monoisotopic (exact) mass is 1080 g/mol. The Morgan fingerprint density at radius 2 is 0.425 bits per heavy atom. The Hall–Kier alpha value is -6.64. The smallest absolute Gasteiger partial charge is 0.164 e. The van der Waals surface area contributed by atoms with Gasteiger partial charge in [-0.3, -0.25) is 0 Å². The van der Waals surface area contributed by atoms with Crippen LogP contribution in [0.1, 0.15) is 113 Å². The van der Waals surface area contributed by atoms with E-state index in [1.54, 1.807) is 0 Å². The van der Waals surface area contributed by atoms with Crippen LogP contribution in [0.4, 0.5) is 0 Å². The summed E-state index contributed by atoms with van der Waals surface area (Å²) < 4.78 is 26.0. The van der Waals surface area contributed by atoms with E-state index in [9.17, 15) is 20.4 Å². The lowest BCUT2D eigenvalue weighted by Crippen LogP contribution is -2.54. The summed E-state index contributed by atoms with van der Waals surface area (Å²) in [7, 11) is 0. The first-order chi connectivity index (χ1) is 38.3. The fourth-order valence-electron chi connectivity index (χ4n) is 10.3. The van der Waals surface area contributed by atoms with E-state index in [1.807, 2.05) is 284 Å². The fraction of sp³-hybridized carbons (Fsp3) is 0.314. The number of aliphatic hydroxyl groups is 4. The summed E-state index contributed by atoms with van der Waals surface area (Å²) in [5.41, 5.74) is 9.45. The highest BCUT2D eigenvalue weighted by Crippen LogP contribution is 2.52. The summed E-state index contributed by atoms with van der Waals surface area (Å²) in [6, 6.07) is 76.3. The number of hydrogen-bond acceptors (Lipinski definition) is 10. The van der Waals surface area contributed by atoms with Gasteiger partial charge >= 0.3 is 0 Å².